The highest BCUT2D eigenvalue weighted by Gasteiger charge is 1.98. The summed E-state index contributed by atoms with van der Waals surface area (Å²) in [5.74, 6) is 6.76. The molecule has 0 aromatic heterocycles. The average Bonchev–Trinajstić information content (AvgIpc) is 2.42. The van der Waals surface area contributed by atoms with E-state index in [1.807, 2.05) is 54.6 Å². The first-order chi connectivity index (χ1) is 8.90. The van der Waals surface area contributed by atoms with E-state index in [-0.39, 0.29) is 0 Å². The van der Waals surface area contributed by atoms with Crippen molar-refractivity contribution in [3.8, 4) is 11.8 Å². The molecule has 0 aliphatic rings. The van der Waals surface area contributed by atoms with Crippen molar-refractivity contribution in [3.63, 3.8) is 0 Å². The van der Waals surface area contributed by atoms with Gasteiger partial charge in [0.25, 0.3) is 0 Å². The maximum Gasteiger partial charge on any atom is 0.0543 e. The van der Waals surface area contributed by atoms with E-state index in [0.717, 1.165) is 16.9 Å². The van der Waals surface area contributed by atoms with Crippen LogP contribution in [0.5, 0.6) is 0 Å². The third-order valence-electron chi connectivity index (χ3n) is 2.42. The average molecular weight is 256 g/mol. The summed E-state index contributed by atoms with van der Waals surface area (Å²) < 4.78 is 0. The zero-order valence-electron chi connectivity index (χ0n) is 9.99. The monoisotopic (exact) mass is 255 g/mol. The van der Waals surface area contributed by atoms with Gasteiger partial charge in [-0.2, -0.15) is 0 Å². The van der Waals surface area contributed by atoms with Gasteiger partial charge >= 0.3 is 0 Å². The molecule has 1 nitrogen and oxygen atoms in total. The first-order valence-corrected chi connectivity index (χ1v) is 6.39. The van der Waals surface area contributed by atoms with Gasteiger partial charge in [-0.3, -0.25) is 0 Å². The highest BCUT2D eigenvalue weighted by Crippen LogP contribution is 2.19. The molecule has 0 saturated heterocycles. The summed E-state index contributed by atoms with van der Waals surface area (Å²) in [6, 6.07) is 18.1. The predicted octanol–water partition coefficient (Wildman–Crippen LogP) is 4.41. The van der Waals surface area contributed by atoms with E-state index in [0.29, 0.717) is 12.3 Å². The second kappa shape index (κ2) is 6.74. The van der Waals surface area contributed by atoms with Gasteiger partial charge in [0.2, 0.25) is 0 Å². The van der Waals surface area contributed by atoms with Crippen molar-refractivity contribution in [1.29, 1.82) is 0 Å². The second-order valence-corrected chi connectivity index (χ2v) is 4.16. The van der Waals surface area contributed by atoms with Gasteiger partial charge in [0, 0.05) is 23.6 Å². The van der Waals surface area contributed by atoms with Crippen molar-refractivity contribution in [1.82, 2.24) is 0 Å². The number of nitrogens with one attached hydrogen (secondary N) is 1. The lowest BCUT2D eigenvalue weighted by Crippen LogP contribution is -1.92. The van der Waals surface area contributed by atoms with Gasteiger partial charge in [0.15, 0.2) is 0 Å². The fourth-order valence-electron chi connectivity index (χ4n) is 1.58. The molecule has 0 radical (unpaired) electrons. The molecule has 0 fully saturated rings. The van der Waals surface area contributed by atoms with Crippen molar-refractivity contribution in [3.05, 3.63) is 60.2 Å². The Labute approximate surface area is 113 Å². The zero-order chi connectivity index (χ0) is 12.6. The first-order valence-electron chi connectivity index (χ1n) is 5.86. The van der Waals surface area contributed by atoms with E-state index in [4.69, 9.17) is 11.6 Å². The quantitative estimate of drug-likeness (QED) is 0.633. The maximum atomic E-state index is 5.62. The molecule has 0 amide bonds. The molecule has 2 aromatic rings. The molecule has 1 N–H and O–H groups in total. The minimum atomic E-state index is 0.571. The molecule has 0 unspecified atom stereocenters. The van der Waals surface area contributed by atoms with E-state index in [1.54, 1.807) is 0 Å². The van der Waals surface area contributed by atoms with Crippen molar-refractivity contribution in [2.75, 3.05) is 11.2 Å². The van der Waals surface area contributed by atoms with Crippen LogP contribution in [0.3, 0.4) is 0 Å². The molecule has 0 spiro atoms. The van der Waals surface area contributed by atoms with Crippen LogP contribution in [-0.4, -0.2) is 5.88 Å². The van der Waals surface area contributed by atoms with Crippen LogP contribution in [0.1, 0.15) is 12.0 Å². The van der Waals surface area contributed by atoms with Crippen LogP contribution in [-0.2, 0) is 0 Å². The molecule has 2 heteroatoms. The van der Waals surface area contributed by atoms with Gasteiger partial charge in [-0.25, -0.2) is 0 Å². The summed E-state index contributed by atoms with van der Waals surface area (Å²) in [7, 11) is 0. The number of hydrogen-bond donors (Lipinski definition) is 1. The van der Waals surface area contributed by atoms with Gasteiger partial charge in [-0.05, 0) is 24.3 Å². The van der Waals surface area contributed by atoms with Crippen molar-refractivity contribution >= 4 is 23.0 Å². The molecule has 0 heterocycles. The van der Waals surface area contributed by atoms with Gasteiger partial charge in [0.05, 0.1) is 5.69 Å². The molecule has 2 aromatic carbocycles. The van der Waals surface area contributed by atoms with Crippen LogP contribution in [0, 0.1) is 11.8 Å². The summed E-state index contributed by atoms with van der Waals surface area (Å²) in [5, 5.41) is 3.36. The predicted molar refractivity (Wildman–Crippen MR) is 78.4 cm³/mol. The number of alkyl halides is 1. The van der Waals surface area contributed by atoms with Crippen LogP contribution >= 0.6 is 11.6 Å². The lowest BCUT2D eigenvalue weighted by Gasteiger charge is -2.08. The molecule has 0 atom stereocenters. The lowest BCUT2D eigenvalue weighted by molar-refractivity contribution is 1.29. The maximum absolute atomic E-state index is 5.62. The molecule has 0 saturated carbocycles. The second-order valence-electron chi connectivity index (χ2n) is 3.78. The highest BCUT2D eigenvalue weighted by molar-refractivity contribution is 6.18. The first kappa shape index (κ1) is 12.5. The Hall–Kier alpha value is -1.91. The zero-order valence-corrected chi connectivity index (χ0v) is 10.7. The Balaban J connectivity index is 2.21. The number of anilines is 2. The SMILES string of the molecule is ClCCC#Cc1ccccc1Nc1ccccc1. The van der Waals surface area contributed by atoms with E-state index in [2.05, 4.69) is 17.2 Å². The fraction of sp³-hybridized carbons (Fsp3) is 0.125. The smallest absolute Gasteiger partial charge is 0.0543 e. The topological polar surface area (TPSA) is 12.0 Å². The summed E-state index contributed by atoms with van der Waals surface area (Å²) in [6.45, 7) is 0. The number of halogens is 1. The van der Waals surface area contributed by atoms with Crippen LogP contribution in [0.4, 0.5) is 11.4 Å². The van der Waals surface area contributed by atoms with E-state index in [1.165, 1.54) is 0 Å². The normalized spacial score (nSPS) is 9.39. The number of para-hydroxylation sites is 2. The minimum absolute atomic E-state index is 0.571. The number of rotatable bonds is 3. The van der Waals surface area contributed by atoms with Crippen LogP contribution in [0.25, 0.3) is 0 Å². The molecule has 18 heavy (non-hydrogen) atoms. The largest absolute Gasteiger partial charge is 0.355 e. The van der Waals surface area contributed by atoms with E-state index in [9.17, 15) is 0 Å². The van der Waals surface area contributed by atoms with E-state index < -0.39 is 0 Å². The fourth-order valence-corrected chi connectivity index (χ4v) is 1.68. The number of benzene rings is 2. The van der Waals surface area contributed by atoms with Gasteiger partial charge in [-0.1, -0.05) is 42.2 Å². The molecule has 0 aliphatic heterocycles. The van der Waals surface area contributed by atoms with Crippen LogP contribution < -0.4 is 5.32 Å². The Morgan fingerprint density at radius 2 is 1.67 bits per heavy atom. The van der Waals surface area contributed by atoms with Gasteiger partial charge < -0.3 is 5.32 Å². The summed E-state index contributed by atoms with van der Waals surface area (Å²) in [5.41, 5.74) is 3.07. The molecule has 2 rings (SSSR count). The third-order valence-corrected chi connectivity index (χ3v) is 2.61. The number of hydrogen-bond acceptors (Lipinski definition) is 1. The third kappa shape index (κ3) is 3.55. The molecule has 0 aliphatic carbocycles. The lowest BCUT2D eigenvalue weighted by atomic mass is 10.1. The Morgan fingerprint density at radius 3 is 2.44 bits per heavy atom. The summed E-state index contributed by atoms with van der Waals surface area (Å²) >= 11 is 5.62. The van der Waals surface area contributed by atoms with Crippen LogP contribution in [0.2, 0.25) is 0 Å². The Bertz CT molecular complexity index is 552. The highest BCUT2D eigenvalue weighted by atomic mass is 35.5. The van der Waals surface area contributed by atoms with Crippen molar-refractivity contribution < 1.29 is 0 Å². The van der Waals surface area contributed by atoms with Crippen molar-refractivity contribution in [2.24, 2.45) is 0 Å². The summed E-state index contributed by atoms with van der Waals surface area (Å²) in [6.07, 6.45) is 0.710. The van der Waals surface area contributed by atoms with E-state index >= 15 is 0 Å². The Kier molecular flexibility index (Phi) is 4.69. The molecule has 0 bridgehead atoms. The minimum Gasteiger partial charge on any atom is -0.355 e. The van der Waals surface area contributed by atoms with Crippen molar-refractivity contribution in [2.45, 2.75) is 6.42 Å². The van der Waals surface area contributed by atoms with Gasteiger partial charge in [0.1, 0.15) is 0 Å². The van der Waals surface area contributed by atoms with Gasteiger partial charge in [-0.15, -0.1) is 11.6 Å². The molecular weight excluding hydrogens is 242 g/mol. The Morgan fingerprint density at radius 1 is 0.944 bits per heavy atom. The standard InChI is InChI=1S/C16H14ClN/c17-13-7-6-9-14-8-4-5-12-16(14)18-15-10-2-1-3-11-15/h1-5,8,10-12,18H,7,13H2. The molecular formula is C16H14ClN. The molecule has 90 valence electrons. The van der Waals surface area contributed by atoms with Crippen LogP contribution in [0.15, 0.2) is 54.6 Å². The summed E-state index contributed by atoms with van der Waals surface area (Å²) in [4.78, 5) is 0.